The molecule has 0 fully saturated rings. The molecule has 20 heavy (non-hydrogen) atoms. The summed E-state index contributed by atoms with van der Waals surface area (Å²) in [5.41, 5.74) is 8.17. The van der Waals surface area contributed by atoms with Gasteiger partial charge >= 0.3 is 0 Å². The van der Waals surface area contributed by atoms with Gasteiger partial charge in [0.2, 0.25) is 0 Å². The lowest BCUT2D eigenvalue weighted by Crippen LogP contribution is -2.34. The molecule has 0 saturated carbocycles. The fourth-order valence-electron chi connectivity index (χ4n) is 2.84. The summed E-state index contributed by atoms with van der Waals surface area (Å²) in [4.78, 5) is 2.53. The fraction of sp³-hybridized carbons (Fsp3) is 0.588. The summed E-state index contributed by atoms with van der Waals surface area (Å²) in [7, 11) is 0. The summed E-state index contributed by atoms with van der Waals surface area (Å²) in [6.07, 6.45) is 5.37. The predicted octanol–water partition coefficient (Wildman–Crippen LogP) is 2.85. The number of hydrogen-bond donors (Lipinski definition) is 1. The van der Waals surface area contributed by atoms with E-state index in [0.717, 1.165) is 32.4 Å². The minimum atomic E-state index is -0.661. The highest BCUT2D eigenvalue weighted by Crippen LogP contribution is 2.19. The molecular formula is C17H25N3. The minimum absolute atomic E-state index is 0.661. The van der Waals surface area contributed by atoms with Gasteiger partial charge in [-0.15, -0.1) is 0 Å². The van der Waals surface area contributed by atoms with Crippen LogP contribution in [0, 0.1) is 11.3 Å². The number of nitrogens with two attached hydrogens (primary N) is 1. The maximum Gasteiger partial charge on any atom is 0.101 e. The standard InChI is InChI=1S/C17H25N3/c1-17(19,14-18)10-4-5-11-20-12-6-9-15-7-2-3-8-16(15)13-20/h2-3,7-8H,4-6,9-13,19H2,1H3. The molecule has 108 valence electrons. The van der Waals surface area contributed by atoms with Gasteiger partial charge in [-0.05, 0) is 63.2 Å². The van der Waals surface area contributed by atoms with Gasteiger partial charge in [0.05, 0.1) is 6.07 Å². The van der Waals surface area contributed by atoms with Crippen LogP contribution in [-0.4, -0.2) is 23.5 Å². The van der Waals surface area contributed by atoms with Crippen LogP contribution in [0.25, 0.3) is 0 Å². The molecule has 0 radical (unpaired) electrons. The fourth-order valence-corrected chi connectivity index (χ4v) is 2.84. The molecule has 0 bridgehead atoms. The third-order valence-corrected chi connectivity index (χ3v) is 4.11. The monoisotopic (exact) mass is 271 g/mol. The second-order valence-corrected chi connectivity index (χ2v) is 6.13. The topological polar surface area (TPSA) is 53.1 Å². The Morgan fingerprint density at radius 3 is 2.80 bits per heavy atom. The first-order valence-electron chi connectivity index (χ1n) is 7.60. The van der Waals surface area contributed by atoms with Crippen LogP contribution < -0.4 is 5.73 Å². The first-order chi connectivity index (χ1) is 9.61. The van der Waals surface area contributed by atoms with Crippen molar-refractivity contribution in [3.05, 3.63) is 35.4 Å². The zero-order valence-corrected chi connectivity index (χ0v) is 12.4. The molecule has 1 atom stereocenters. The van der Waals surface area contributed by atoms with Crippen LogP contribution in [0.15, 0.2) is 24.3 Å². The number of rotatable bonds is 5. The third-order valence-electron chi connectivity index (χ3n) is 4.11. The SMILES string of the molecule is CC(N)(C#N)CCCCN1CCCc2ccccc2C1. The Kier molecular flexibility index (Phi) is 5.17. The van der Waals surface area contributed by atoms with Gasteiger partial charge in [-0.1, -0.05) is 24.3 Å². The number of nitrogens with zero attached hydrogens (tertiary/aromatic N) is 2. The van der Waals surface area contributed by atoms with E-state index in [9.17, 15) is 0 Å². The molecule has 1 heterocycles. The summed E-state index contributed by atoms with van der Waals surface area (Å²) < 4.78 is 0. The second kappa shape index (κ2) is 6.88. The molecule has 0 amide bonds. The van der Waals surface area contributed by atoms with Crippen LogP contribution in [0.5, 0.6) is 0 Å². The normalized spacial score (nSPS) is 18.6. The van der Waals surface area contributed by atoms with Gasteiger partial charge < -0.3 is 5.73 Å². The van der Waals surface area contributed by atoms with Crippen molar-refractivity contribution >= 4 is 0 Å². The molecule has 0 aliphatic carbocycles. The van der Waals surface area contributed by atoms with Crippen LogP contribution in [0.3, 0.4) is 0 Å². The summed E-state index contributed by atoms with van der Waals surface area (Å²) >= 11 is 0. The molecule has 1 aliphatic heterocycles. The number of nitriles is 1. The molecule has 0 spiro atoms. The van der Waals surface area contributed by atoms with Crippen molar-refractivity contribution in [2.24, 2.45) is 5.73 Å². The van der Waals surface area contributed by atoms with E-state index in [1.807, 2.05) is 6.92 Å². The predicted molar refractivity (Wildman–Crippen MR) is 82.1 cm³/mol. The van der Waals surface area contributed by atoms with Gasteiger partial charge in [0.25, 0.3) is 0 Å². The third kappa shape index (κ3) is 4.33. The van der Waals surface area contributed by atoms with E-state index < -0.39 is 5.54 Å². The Hall–Kier alpha value is -1.37. The molecule has 1 aliphatic rings. The van der Waals surface area contributed by atoms with Crippen LogP contribution in [0.2, 0.25) is 0 Å². The Morgan fingerprint density at radius 1 is 1.30 bits per heavy atom. The van der Waals surface area contributed by atoms with E-state index in [1.165, 1.54) is 30.5 Å². The highest BCUT2D eigenvalue weighted by Gasteiger charge is 2.17. The van der Waals surface area contributed by atoms with E-state index >= 15 is 0 Å². The van der Waals surface area contributed by atoms with Crippen LogP contribution in [0.1, 0.15) is 43.7 Å². The molecular weight excluding hydrogens is 246 g/mol. The second-order valence-electron chi connectivity index (χ2n) is 6.13. The van der Waals surface area contributed by atoms with Crippen molar-refractivity contribution in [2.45, 2.75) is 51.1 Å². The number of unbranched alkanes of at least 4 members (excludes halogenated alkanes) is 1. The Balaban J connectivity index is 1.79. The van der Waals surface area contributed by atoms with Gasteiger partial charge in [0, 0.05) is 6.54 Å². The summed E-state index contributed by atoms with van der Waals surface area (Å²) in [6, 6.07) is 10.9. The maximum atomic E-state index is 8.90. The lowest BCUT2D eigenvalue weighted by molar-refractivity contribution is 0.261. The van der Waals surface area contributed by atoms with E-state index in [1.54, 1.807) is 0 Å². The number of aryl methyl sites for hydroxylation is 1. The molecule has 2 rings (SSSR count). The highest BCUT2D eigenvalue weighted by atomic mass is 15.1. The first kappa shape index (κ1) is 15.0. The molecule has 1 aromatic rings. The van der Waals surface area contributed by atoms with Gasteiger partial charge in [-0.2, -0.15) is 5.26 Å². The van der Waals surface area contributed by atoms with E-state index in [4.69, 9.17) is 11.0 Å². The number of fused-ring (bicyclic) bond motifs is 1. The first-order valence-corrected chi connectivity index (χ1v) is 7.60. The quantitative estimate of drug-likeness (QED) is 0.838. The van der Waals surface area contributed by atoms with Crippen molar-refractivity contribution in [3.63, 3.8) is 0 Å². The molecule has 0 saturated heterocycles. The highest BCUT2D eigenvalue weighted by molar-refractivity contribution is 5.27. The van der Waals surface area contributed by atoms with Gasteiger partial charge in [0.15, 0.2) is 0 Å². The Bertz CT molecular complexity index is 473. The number of hydrogen-bond acceptors (Lipinski definition) is 3. The lowest BCUT2D eigenvalue weighted by atomic mass is 9.98. The molecule has 2 N–H and O–H groups in total. The summed E-state index contributed by atoms with van der Waals surface area (Å²) in [5, 5.41) is 8.90. The zero-order valence-electron chi connectivity index (χ0n) is 12.4. The van der Waals surface area contributed by atoms with Gasteiger partial charge in [0.1, 0.15) is 5.54 Å². The summed E-state index contributed by atoms with van der Waals surface area (Å²) in [5.74, 6) is 0. The van der Waals surface area contributed by atoms with E-state index in [-0.39, 0.29) is 0 Å². The van der Waals surface area contributed by atoms with Crippen molar-refractivity contribution in [2.75, 3.05) is 13.1 Å². The average Bonchev–Trinajstić information content (AvgIpc) is 2.65. The van der Waals surface area contributed by atoms with Crippen LogP contribution >= 0.6 is 0 Å². The molecule has 1 aromatic carbocycles. The van der Waals surface area contributed by atoms with Gasteiger partial charge in [-0.25, -0.2) is 0 Å². The zero-order chi connectivity index (χ0) is 14.4. The Morgan fingerprint density at radius 2 is 2.05 bits per heavy atom. The number of benzene rings is 1. The minimum Gasteiger partial charge on any atom is -0.314 e. The smallest absolute Gasteiger partial charge is 0.101 e. The van der Waals surface area contributed by atoms with E-state index in [0.29, 0.717) is 0 Å². The average molecular weight is 271 g/mol. The molecule has 1 unspecified atom stereocenters. The van der Waals surface area contributed by atoms with E-state index in [2.05, 4.69) is 35.2 Å². The maximum absolute atomic E-state index is 8.90. The van der Waals surface area contributed by atoms with Gasteiger partial charge in [-0.3, -0.25) is 4.90 Å². The largest absolute Gasteiger partial charge is 0.314 e. The van der Waals surface area contributed by atoms with Crippen molar-refractivity contribution in [1.82, 2.24) is 4.90 Å². The van der Waals surface area contributed by atoms with Crippen LogP contribution in [0.4, 0.5) is 0 Å². The van der Waals surface area contributed by atoms with Crippen molar-refractivity contribution in [1.29, 1.82) is 5.26 Å². The lowest BCUT2D eigenvalue weighted by Gasteiger charge is -2.21. The van der Waals surface area contributed by atoms with Crippen LogP contribution in [-0.2, 0) is 13.0 Å². The Labute approximate surface area is 122 Å². The van der Waals surface area contributed by atoms with Crippen molar-refractivity contribution in [3.8, 4) is 6.07 Å². The molecule has 0 aromatic heterocycles. The molecule has 3 nitrogen and oxygen atoms in total. The van der Waals surface area contributed by atoms with Crippen molar-refractivity contribution < 1.29 is 0 Å². The molecule has 3 heteroatoms. The summed E-state index contributed by atoms with van der Waals surface area (Å²) in [6.45, 7) is 5.16.